The SMILES string of the molecule is COC1CCCN(C(=O)NCCCNS(=O)(=O)c2ccc(C)cc2)C1. The van der Waals surface area contributed by atoms with Crippen molar-refractivity contribution < 1.29 is 17.9 Å². The van der Waals surface area contributed by atoms with Crippen LogP contribution in [0.4, 0.5) is 4.79 Å². The molecule has 0 spiro atoms. The van der Waals surface area contributed by atoms with E-state index in [4.69, 9.17) is 4.74 Å². The largest absolute Gasteiger partial charge is 0.380 e. The molecule has 1 aliphatic heterocycles. The molecule has 1 aromatic rings. The molecule has 7 nitrogen and oxygen atoms in total. The van der Waals surface area contributed by atoms with E-state index in [1.54, 1.807) is 36.3 Å². The minimum Gasteiger partial charge on any atom is -0.380 e. The Morgan fingerprint density at radius 2 is 2.00 bits per heavy atom. The molecule has 1 unspecified atom stereocenters. The molecular formula is C17H27N3O4S. The zero-order chi connectivity index (χ0) is 18.3. The van der Waals surface area contributed by atoms with Gasteiger partial charge in [0.15, 0.2) is 0 Å². The van der Waals surface area contributed by atoms with Gasteiger partial charge in [0.25, 0.3) is 0 Å². The third-order valence-corrected chi connectivity index (χ3v) is 5.73. The van der Waals surface area contributed by atoms with Crippen LogP contribution < -0.4 is 10.0 Å². The molecule has 8 heteroatoms. The predicted molar refractivity (Wildman–Crippen MR) is 96.0 cm³/mol. The summed E-state index contributed by atoms with van der Waals surface area (Å²) >= 11 is 0. The van der Waals surface area contributed by atoms with E-state index in [1.807, 2.05) is 6.92 Å². The van der Waals surface area contributed by atoms with E-state index >= 15 is 0 Å². The van der Waals surface area contributed by atoms with Crippen molar-refractivity contribution in [1.82, 2.24) is 14.9 Å². The van der Waals surface area contributed by atoms with Gasteiger partial charge < -0.3 is 15.0 Å². The summed E-state index contributed by atoms with van der Waals surface area (Å²) in [6, 6.07) is 6.58. The number of methoxy groups -OCH3 is 1. The highest BCUT2D eigenvalue weighted by Crippen LogP contribution is 2.12. The van der Waals surface area contributed by atoms with Crippen LogP contribution in [0.25, 0.3) is 0 Å². The third-order valence-electron chi connectivity index (χ3n) is 4.25. The summed E-state index contributed by atoms with van der Waals surface area (Å²) in [4.78, 5) is 14.1. The topological polar surface area (TPSA) is 87.7 Å². The van der Waals surface area contributed by atoms with Crippen LogP contribution in [0.2, 0.25) is 0 Å². The van der Waals surface area contributed by atoms with Crippen LogP contribution in [0.5, 0.6) is 0 Å². The number of amides is 2. The predicted octanol–water partition coefficient (Wildman–Crippen LogP) is 1.48. The first kappa shape index (κ1) is 19.7. The maximum atomic E-state index is 12.1. The summed E-state index contributed by atoms with van der Waals surface area (Å²) in [6.07, 6.45) is 2.53. The number of urea groups is 1. The van der Waals surface area contributed by atoms with Crippen LogP contribution >= 0.6 is 0 Å². The second-order valence-corrected chi connectivity index (χ2v) is 8.01. The summed E-state index contributed by atoms with van der Waals surface area (Å²) in [5.74, 6) is 0. The maximum Gasteiger partial charge on any atom is 0.317 e. The van der Waals surface area contributed by atoms with E-state index in [1.165, 1.54) is 0 Å². The Hall–Kier alpha value is -1.64. The molecule has 1 heterocycles. The minimum atomic E-state index is -3.50. The van der Waals surface area contributed by atoms with Crippen molar-refractivity contribution in [3.05, 3.63) is 29.8 Å². The monoisotopic (exact) mass is 369 g/mol. The Balaban J connectivity index is 1.69. The van der Waals surface area contributed by atoms with Gasteiger partial charge in [0.05, 0.1) is 11.0 Å². The van der Waals surface area contributed by atoms with Gasteiger partial charge in [-0.3, -0.25) is 0 Å². The smallest absolute Gasteiger partial charge is 0.317 e. The van der Waals surface area contributed by atoms with Crippen LogP contribution in [0.15, 0.2) is 29.2 Å². The van der Waals surface area contributed by atoms with Gasteiger partial charge in [-0.25, -0.2) is 17.9 Å². The molecule has 0 bridgehead atoms. The van der Waals surface area contributed by atoms with E-state index in [0.29, 0.717) is 19.5 Å². The van der Waals surface area contributed by atoms with Crippen LogP contribution in [-0.2, 0) is 14.8 Å². The van der Waals surface area contributed by atoms with E-state index < -0.39 is 10.0 Å². The molecule has 2 rings (SSSR count). The molecule has 0 saturated carbocycles. The lowest BCUT2D eigenvalue weighted by molar-refractivity contribution is 0.0435. The number of ether oxygens (including phenoxy) is 1. The first-order chi connectivity index (χ1) is 11.9. The number of carbonyl (C=O) groups excluding carboxylic acids is 1. The molecule has 2 amide bonds. The fourth-order valence-electron chi connectivity index (χ4n) is 2.72. The average molecular weight is 369 g/mol. The first-order valence-electron chi connectivity index (χ1n) is 8.54. The lowest BCUT2D eigenvalue weighted by Crippen LogP contribution is -2.48. The number of rotatable bonds is 7. The second-order valence-electron chi connectivity index (χ2n) is 6.24. The first-order valence-corrected chi connectivity index (χ1v) is 10.0. The van der Waals surface area contributed by atoms with Crippen molar-refractivity contribution in [1.29, 1.82) is 0 Å². The normalized spacial score (nSPS) is 18.2. The molecule has 1 saturated heterocycles. The van der Waals surface area contributed by atoms with Gasteiger partial charge in [-0.15, -0.1) is 0 Å². The number of nitrogens with zero attached hydrogens (tertiary/aromatic N) is 1. The van der Waals surface area contributed by atoms with Gasteiger partial charge in [0.1, 0.15) is 0 Å². The maximum absolute atomic E-state index is 12.1. The van der Waals surface area contributed by atoms with Crippen LogP contribution in [0, 0.1) is 6.92 Å². The number of aryl methyl sites for hydroxylation is 1. The van der Waals surface area contributed by atoms with E-state index in [2.05, 4.69) is 10.0 Å². The minimum absolute atomic E-state index is 0.0980. The average Bonchev–Trinajstić information content (AvgIpc) is 2.61. The highest BCUT2D eigenvalue weighted by atomic mass is 32.2. The van der Waals surface area contributed by atoms with Gasteiger partial charge in [0.2, 0.25) is 10.0 Å². The summed E-state index contributed by atoms with van der Waals surface area (Å²) in [5.41, 5.74) is 1.01. The Morgan fingerprint density at radius 3 is 2.68 bits per heavy atom. The van der Waals surface area contributed by atoms with E-state index in [9.17, 15) is 13.2 Å². The number of sulfonamides is 1. The van der Waals surface area contributed by atoms with Crippen molar-refractivity contribution in [3.8, 4) is 0 Å². The molecule has 1 aromatic carbocycles. The lowest BCUT2D eigenvalue weighted by Gasteiger charge is -2.31. The molecule has 1 fully saturated rings. The summed E-state index contributed by atoms with van der Waals surface area (Å²) in [6.45, 7) is 3.93. The van der Waals surface area contributed by atoms with Crippen molar-refractivity contribution in [2.75, 3.05) is 33.3 Å². The van der Waals surface area contributed by atoms with Gasteiger partial charge in [-0.05, 0) is 38.3 Å². The molecule has 0 aliphatic carbocycles. The van der Waals surface area contributed by atoms with Gasteiger partial charge in [0, 0.05) is 33.3 Å². The zero-order valence-corrected chi connectivity index (χ0v) is 15.6. The number of piperidine rings is 1. The fraction of sp³-hybridized carbons (Fsp3) is 0.588. The quantitative estimate of drug-likeness (QED) is 0.713. The Morgan fingerprint density at radius 1 is 1.28 bits per heavy atom. The van der Waals surface area contributed by atoms with Crippen molar-refractivity contribution in [2.45, 2.75) is 37.2 Å². The highest BCUT2D eigenvalue weighted by Gasteiger charge is 2.23. The number of benzene rings is 1. The molecule has 0 radical (unpaired) electrons. The van der Waals surface area contributed by atoms with Gasteiger partial charge in [-0.2, -0.15) is 0 Å². The standard InChI is InChI=1S/C17H27N3O4S/c1-14-6-8-16(9-7-14)25(22,23)19-11-4-10-18-17(21)20-12-3-5-15(13-20)24-2/h6-9,15,19H,3-5,10-13H2,1-2H3,(H,18,21). The number of nitrogens with one attached hydrogen (secondary N) is 2. The van der Waals surface area contributed by atoms with Gasteiger partial charge >= 0.3 is 6.03 Å². The molecule has 2 N–H and O–H groups in total. The molecule has 1 atom stereocenters. The van der Waals surface area contributed by atoms with E-state index in [0.717, 1.165) is 24.9 Å². The summed E-state index contributed by atoms with van der Waals surface area (Å²) in [5, 5.41) is 2.83. The molecule has 25 heavy (non-hydrogen) atoms. The molecule has 1 aliphatic rings. The van der Waals surface area contributed by atoms with E-state index in [-0.39, 0.29) is 23.6 Å². The van der Waals surface area contributed by atoms with Crippen LogP contribution in [0.3, 0.4) is 0 Å². The lowest BCUT2D eigenvalue weighted by atomic mass is 10.1. The highest BCUT2D eigenvalue weighted by molar-refractivity contribution is 7.89. The third kappa shape index (κ3) is 5.98. The Bertz CT molecular complexity index is 661. The van der Waals surface area contributed by atoms with Crippen molar-refractivity contribution in [2.24, 2.45) is 0 Å². The summed E-state index contributed by atoms with van der Waals surface area (Å²) < 4.78 is 32.1. The van der Waals surface area contributed by atoms with Gasteiger partial charge in [-0.1, -0.05) is 17.7 Å². The van der Waals surface area contributed by atoms with Crippen molar-refractivity contribution >= 4 is 16.1 Å². The Labute approximate surface area is 149 Å². The fourth-order valence-corrected chi connectivity index (χ4v) is 3.79. The van der Waals surface area contributed by atoms with Crippen LogP contribution in [0.1, 0.15) is 24.8 Å². The molecule has 140 valence electrons. The number of hydrogen-bond acceptors (Lipinski definition) is 4. The van der Waals surface area contributed by atoms with Crippen LogP contribution in [-0.4, -0.2) is 58.7 Å². The molecular weight excluding hydrogens is 342 g/mol. The summed E-state index contributed by atoms with van der Waals surface area (Å²) in [7, 11) is -1.84. The zero-order valence-electron chi connectivity index (χ0n) is 14.8. The number of hydrogen-bond donors (Lipinski definition) is 2. The van der Waals surface area contributed by atoms with Crippen molar-refractivity contribution in [3.63, 3.8) is 0 Å². The number of carbonyl (C=O) groups is 1. The second kappa shape index (κ2) is 9.17. The Kier molecular flexibility index (Phi) is 7.22. The number of likely N-dealkylation sites (tertiary alicyclic amines) is 1. The molecule has 0 aromatic heterocycles.